The van der Waals surface area contributed by atoms with Gasteiger partial charge in [-0.1, -0.05) is 32.4 Å². The van der Waals surface area contributed by atoms with Crippen molar-refractivity contribution in [2.24, 2.45) is 17.6 Å². The number of nitrogens with two attached hydrogens (primary N) is 1. The van der Waals surface area contributed by atoms with Crippen LogP contribution in [0.3, 0.4) is 0 Å². The largest absolute Gasteiger partial charge is 0.481 e. The van der Waals surface area contributed by atoms with Crippen molar-refractivity contribution in [2.45, 2.75) is 39.5 Å². The summed E-state index contributed by atoms with van der Waals surface area (Å²) in [4.78, 5) is 21.4. The maximum absolute atomic E-state index is 10.9. The maximum atomic E-state index is 10.9. The van der Waals surface area contributed by atoms with Crippen LogP contribution < -0.4 is 5.73 Å². The van der Waals surface area contributed by atoms with Crippen LogP contribution in [0.2, 0.25) is 0 Å². The zero-order valence-corrected chi connectivity index (χ0v) is 9.98. The summed E-state index contributed by atoms with van der Waals surface area (Å²) in [6, 6.07) is 0. The lowest BCUT2D eigenvalue weighted by atomic mass is 10.0. The second-order valence-electron chi connectivity index (χ2n) is 4.36. The van der Waals surface area contributed by atoms with Gasteiger partial charge in [0.05, 0.1) is 12.3 Å². The molecule has 4 heteroatoms. The standard InChI is InChI=1S/C12H21NO3/c1-9(2)6-4-3-5-7-10(12(13)16)8-11(14)15/h5,7,9-10H,3-4,6,8H2,1-2H3,(H2,13,16)(H,14,15). The van der Waals surface area contributed by atoms with E-state index in [0.29, 0.717) is 5.92 Å². The molecule has 0 aliphatic rings. The number of rotatable bonds is 8. The smallest absolute Gasteiger partial charge is 0.304 e. The minimum atomic E-state index is -1.00. The Labute approximate surface area is 96.5 Å². The molecule has 0 heterocycles. The molecule has 4 nitrogen and oxygen atoms in total. The lowest BCUT2D eigenvalue weighted by Gasteiger charge is -2.05. The molecule has 0 fully saturated rings. The van der Waals surface area contributed by atoms with Crippen LogP contribution in [-0.2, 0) is 9.59 Å². The van der Waals surface area contributed by atoms with E-state index < -0.39 is 17.8 Å². The third kappa shape index (κ3) is 8.03. The van der Waals surface area contributed by atoms with Crippen molar-refractivity contribution in [1.29, 1.82) is 0 Å². The summed E-state index contributed by atoms with van der Waals surface area (Å²) in [6.07, 6.45) is 6.27. The number of allylic oxidation sites excluding steroid dienone is 1. The van der Waals surface area contributed by atoms with Gasteiger partial charge in [0.2, 0.25) is 5.91 Å². The summed E-state index contributed by atoms with van der Waals surface area (Å²) in [5.74, 6) is -1.60. The number of hydrogen-bond donors (Lipinski definition) is 2. The van der Waals surface area contributed by atoms with Gasteiger partial charge in [0.15, 0.2) is 0 Å². The molecule has 0 rings (SSSR count). The first-order valence-electron chi connectivity index (χ1n) is 5.61. The number of carboxylic acids is 1. The lowest BCUT2D eigenvalue weighted by molar-refractivity contribution is -0.139. The Morgan fingerprint density at radius 2 is 2.00 bits per heavy atom. The van der Waals surface area contributed by atoms with E-state index in [1.54, 1.807) is 6.08 Å². The Morgan fingerprint density at radius 1 is 1.38 bits per heavy atom. The molecule has 0 saturated heterocycles. The summed E-state index contributed by atoms with van der Waals surface area (Å²) in [6.45, 7) is 4.31. The number of carboxylic acid groups (broad SMARTS) is 1. The molecule has 0 aromatic heterocycles. The van der Waals surface area contributed by atoms with Gasteiger partial charge >= 0.3 is 5.97 Å². The Balaban J connectivity index is 3.94. The van der Waals surface area contributed by atoms with E-state index in [1.165, 1.54) is 0 Å². The molecule has 16 heavy (non-hydrogen) atoms. The monoisotopic (exact) mass is 227 g/mol. The normalized spacial score (nSPS) is 13.2. The third-order valence-corrected chi connectivity index (χ3v) is 2.28. The Kier molecular flexibility index (Phi) is 7.25. The quantitative estimate of drug-likeness (QED) is 0.491. The van der Waals surface area contributed by atoms with Crippen LogP contribution in [0.5, 0.6) is 0 Å². The first kappa shape index (κ1) is 14.7. The van der Waals surface area contributed by atoms with Crippen molar-refractivity contribution >= 4 is 11.9 Å². The summed E-state index contributed by atoms with van der Waals surface area (Å²) < 4.78 is 0. The van der Waals surface area contributed by atoms with E-state index in [2.05, 4.69) is 13.8 Å². The van der Waals surface area contributed by atoms with Gasteiger partial charge in [-0.3, -0.25) is 9.59 Å². The number of carbonyl (C=O) groups excluding carboxylic acids is 1. The van der Waals surface area contributed by atoms with Crippen LogP contribution in [-0.4, -0.2) is 17.0 Å². The minimum Gasteiger partial charge on any atom is -0.481 e. The van der Waals surface area contributed by atoms with Crippen LogP contribution in [0.1, 0.15) is 39.5 Å². The molecular formula is C12H21NO3. The van der Waals surface area contributed by atoms with Crippen molar-refractivity contribution < 1.29 is 14.7 Å². The van der Waals surface area contributed by atoms with Crippen LogP contribution >= 0.6 is 0 Å². The van der Waals surface area contributed by atoms with Crippen molar-refractivity contribution in [3.63, 3.8) is 0 Å². The summed E-state index contributed by atoms with van der Waals surface area (Å²) in [5, 5.41) is 8.57. The van der Waals surface area contributed by atoms with Gasteiger partial charge in [0.25, 0.3) is 0 Å². The van der Waals surface area contributed by atoms with Gasteiger partial charge in [0.1, 0.15) is 0 Å². The van der Waals surface area contributed by atoms with Gasteiger partial charge in [0, 0.05) is 0 Å². The van der Waals surface area contributed by atoms with E-state index >= 15 is 0 Å². The molecule has 0 aromatic carbocycles. The predicted octanol–water partition coefficient (Wildman–Crippen LogP) is 1.95. The molecule has 92 valence electrons. The molecule has 0 saturated carbocycles. The van der Waals surface area contributed by atoms with Gasteiger partial charge < -0.3 is 10.8 Å². The average Bonchev–Trinajstić information content (AvgIpc) is 2.14. The molecule has 0 bridgehead atoms. The zero-order valence-electron chi connectivity index (χ0n) is 9.98. The fraction of sp³-hybridized carbons (Fsp3) is 0.667. The number of hydrogen-bond acceptors (Lipinski definition) is 2. The summed E-state index contributed by atoms with van der Waals surface area (Å²) in [7, 11) is 0. The molecule has 1 atom stereocenters. The number of carbonyl (C=O) groups is 2. The van der Waals surface area contributed by atoms with Gasteiger partial charge in [-0.25, -0.2) is 0 Å². The predicted molar refractivity (Wildman–Crippen MR) is 62.8 cm³/mol. The molecule has 0 aliphatic heterocycles. The number of unbranched alkanes of at least 4 members (excludes halogenated alkanes) is 1. The second-order valence-corrected chi connectivity index (χ2v) is 4.36. The van der Waals surface area contributed by atoms with Crippen LogP contribution in [0.25, 0.3) is 0 Å². The topological polar surface area (TPSA) is 80.4 Å². The van der Waals surface area contributed by atoms with Gasteiger partial charge in [-0.2, -0.15) is 0 Å². The highest BCUT2D eigenvalue weighted by atomic mass is 16.4. The van der Waals surface area contributed by atoms with E-state index in [0.717, 1.165) is 19.3 Å². The van der Waals surface area contributed by atoms with E-state index in [1.807, 2.05) is 6.08 Å². The molecule has 1 amide bonds. The molecular weight excluding hydrogens is 206 g/mol. The average molecular weight is 227 g/mol. The highest BCUT2D eigenvalue weighted by Crippen LogP contribution is 2.09. The zero-order chi connectivity index (χ0) is 12.6. The highest BCUT2D eigenvalue weighted by Gasteiger charge is 2.15. The summed E-state index contributed by atoms with van der Waals surface area (Å²) >= 11 is 0. The van der Waals surface area contributed by atoms with Crippen LogP contribution in [0.15, 0.2) is 12.2 Å². The van der Waals surface area contributed by atoms with Crippen molar-refractivity contribution in [2.75, 3.05) is 0 Å². The number of amides is 1. The van der Waals surface area contributed by atoms with Crippen molar-refractivity contribution in [3.8, 4) is 0 Å². The Morgan fingerprint density at radius 3 is 2.44 bits per heavy atom. The lowest BCUT2D eigenvalue weighted by Crippen LogP contribution is -2.23. The second kappa shape index (κ2) is 7.91. The van der Waals surface area contributed by atoms with E-state index in [9.17, 15) is 9.59 Å². The molecule has 0 aliphatic carbocycles. The van der Waals surface area contributed by atoms with Crippen molar-refractivity contribution in [3.05, 3.63) is 12.2 Å². The molecule has 3 N–H and O–H groups in total. The number of primary amides is 1. The minimum absolute atomic E-state index is 0.226. The fourth-order valence-corrected chi connectivity index (χ4v) is 1.36. The molecule has 0 aromatic rings. The van der Waals surface area contributed by atoms with E-state index in [4.69, 9.17) is 10.8 Å². The first-order chi connectivity index (χ1) is 7.43. The van der Waals surface area contributed by atoms with Crippen LogP contribution in [0.4, 0.5) is 0 Å². The Bertz CT molecular complexity index is 259. The van der Waals surface area contributed by atoms with Gasteiger partial charge in [-0.05, 0) is 18.8 Å². The molecule has 0 spiro atoms. The van der Waals surface area contributed by atoms with Crippen molar-refractivity contribution in [1.82, 2.24) is 0 Å². The molecule has 0 radical (unpaired) electrons. The highest BCUT2D eigenvalue weighted by molar-refractivity contribution is 5.83. The van der Waals surface area contributed by atoms with Crippen LogP contribution in [0, 0.1) is 11.8 Å². The van der Waals surface area contributed by atoms with Gasteiger partial charge in [-0.15, -0.1) is 0 Å². The Hall–Kier alpha value is -1.32. The summed E-state index contributed by atoms with van der Waals surface area (Å²) in [5.41, 5.74) is 5.09. The SMILES string of the molecule is CC(C)CCCC=CC(CC(=O)O)C(N)=O. The first-order valence-corrected chi connectivity index (χ1v) is 5.61. The maximum Gasteiger partial charge on any atom is 0.304 e. The third-order valence-electron chi connectivity index (χ3n) is 2.28. The van der Waals surface area contributed by atoms with E-state index in [-0.39, 0.29) is 6.42 Å². The number of aliphatic carboxylic acids is 1. The fourth-order valence-electron chi connectivity index (χ4n) is 1.36. The molecule has 1 unspecified atom stereocenters.